The minimum atomic E-state index is -0.430. The molecule has 1 aliphatic rings. The van der Waals surface area contributed by atoms with Crippen molar-refractivity contribution in [2.75, 3.05) is 11.5 Å². The van der Waals surface area contributed by atoms with E-state index in [0.29, 0.717) is 3.92 Å². The first-order valence-corrected chi connectivity index (χ1v) is 4.51. The summed E-state index contributed by atoms with van der Waals surface area (Å²) < 4.78 is 10.9. The summed E-state index contributed by atoms with van der Waals surface area (Å²) in [6, 6.07) is 0. The van der Waals surface area contributed by atoms with Crippen molar-refractivity contribution in [3.05, 3.63) is 0 Å². The van der Waals surface area contributed by atoms with Crippen molar-refractivity contribution in [1.82, 2.24) is 0 Å². The maximum atomic E-state index is 10.2. The minimum absolute atomic E-state index is 0.430. The molecule has 1 rings (SSSR count). The van der Waals surface area contributed by atoms with Crippen LogP contribution in [0.4, 0.5) is 0 Å². The van der Waals surface area contributed by atoms with E-state index in [1.165, 1.54) is 0 Å². The third kappa shape index (κ3) is 1.01. The van der Waals surface area contributed by atoms with Gasteiger partial charge in [-0.2, -0.15) is 0 Å². The van der Waals surface area contributed by atoms with E-state index >= 15 is 0 Å². The molecular weight excluding hydrogens is 211 g/mol. The molecule has 1 aliphatic heterocycles. The lowest BCUT2D eigenvalue weighted by molar-refractivity contribution is 0.583. The first-order chi connectivity index (χ1) is 2.79. The van der Waals surface area contributed by atoms with Gasteiger partial charge in [0.25, 0.3) is 0 Å². The van der Waals surface area contributed by atoms with Crippen molar-refractivity contribution in [3.63, 3.8) is 0 Å². The SMILES string of the molecule is [O-][S@+]1C[C@@H](I)C1. The van der Waals surface area contributed by atoms with Crippen LogP contribution < -0.4 is 0 Å². The quantitative estimate of drug-likeness (QED) is 0.329. The van der Waals surface area contributed by atoms with E-state index in [9.17, 15) is 4.55 Å². The van der Waals surface area contributed by atoms with Gasteiger partial charge in [0.2, 0.25) is 0 Å². The normalized spacial score (nSPS) is 45.0. The predicted octanol–water partition coefficient (Wildman–Crippen LogP) is 0.552. The Morgan fingerprint density at radius 1 is 1.67 bits per heavy atom. The summed E-state index contributed by atoms with van der Waals surface area (Å²) >= 11 is 1.89. The Morgan fingerprint density at radius 2 is 2.17 bits per heavy atom. The van der Waals surface area contributed by atoms with E-state index < -0.39 is 11.2 Å². The molecule has 0 aromatic rings. The van der Waals surface area contributed by atoms with Gasteiger partial charge in [-0.3, -0.25) is 0 Å². The van der Waals surface area contributed by atoms with Crippen LogP contribution in [0, 0.1) is 0 Å². The maximum Gasteiger partial charge on any atom is 0.121 e. The predicted molar refractivity (Wildman–Crippen MR) is 35.7 cm³/mol. The van der Waals surface area contributed by atoms with Crippen LogP contribution in [-0.4, -0.2) is 20.0 Å². The van der Waals surface area contributed by atoms with Gasteiger partial charge in [-0.25, -0.2) is 0 Å². The fraction of sp³-hybridized carbons (Fsp3) is 1.00. The molecule has 6 heavy (non-hydrogen) atoms. The van der Waals surface area contributed by atoms with E-state index in [2.05, 4.69) is 22.6 Å². The monoisotopic (exact) mass is 216 g/mol. The second-order valence-corrected chi connectivity index (χ2v) is 4.68. The molecule has 0 saturated carbocycles. The van der Waals surface area contributed by atoms with Gasteiger partial charge in [0.05, 0.1) is 0 Å². The van der Waals surface area contributed by atoms with E-state index in [-0.39, 0.29) is 0 Å². The Morgan fingerprint density at radius 3 is 2.17 bits per heavy atom. The molecule has 1 nitrogen and oxygen atoms in total. The largest absolute Gasteiger partial charge is 0.616 e. The molecule has 0 aliphatic carbocycles. The second kappa shape index (κ2) is 1.88. The summed E-state index contributed by atoms with van der Waals surface area (Å²) in [6.07, 6.45) is 0. The first-order valence-electron chi connectivity index (χ1n) is 1.78. The lowest BCUT2D eigenvalue weighted by Gasteiger charge is -2.23. The van der Waals surface area contributed by atoms with Crippen LogP contribution in [0.1, 0.15) is 0 Å². The van der Waals surface area contributed by atoms with E-state index in [1.807, 2.05) is 0 Å². The summed E-state index contributed by atoms with van der Waals surface area (Å²) in [6.45, 7) is 0. The van der Waals surface area contributed by atoms with Crippen LogP contribution in [0.25, 0.3) is 0 Å². The average molecular weight is 216 g/mol. The molecule has 0 atom stereocenters. The Hall–Kier alpha value is 1.04. The van der Waals surface area contributed by atoms with E-state index in [4.69, 9.17) is 0 Å². The molecule has 0 spiro atoms. The zero-order valence-corrected chi connectivity index (χ0v) is 6.16. The standard InChI is InChI=1S/C3H5IOS/c4-3-1-6(5)2-3/h3H,1-2H2/t3-,6-. The highest BCUT2D eigenvalue weighted by Crippen LogP contribution is 2.17. The molecule has 3 heteroatoms. The lowest BCUT2D eigenvalue weighted by Crippen LogP contribution is -2.36. The highest BCUT2D eigenvalue weighted by atomic mass is 127. The fourth-order valence-electron chi connectivity index (χ4n) is 0.355. The Labute approximate surface area is 53.8 Å². The van der Waals surface area contributed by atoms with Crippen LogP contribution in [0.3, 0.4) is 0 Å². The van der Waals surface area contributed by atoms with Crippen molar-refractivity contribution in [3.8, 4) is 0 Å². The topological polar surface area (TPSA) is 23.1 Å². The molecule has 0 amide bonds. The Bertz CT molecular complexity index is 46.8. The van der Waals surface area contributed by atoms with Crippen molar-refractivity contribution < 1.29 is 4.55 Å². The molecule has 0 aromatic carbocycles. The molecule has 0 N–H and O–H groups in total. The lowest BCUT2D eigenvalue weighted by atomic mass is 10.5. The fourth-order valence-corrected chi connectivity index (χ4v) is 3.47. The van der Waals surface area contributed by atoms with Crippen molar-refractivity contribution >= 4 is 33.8 Å². The number of hydrogen-bond donors (Lipinski definition) is 0. The van der Waals surface area contributed by atoms with Gasteiger partial charge in [-0.15, -0.1) is 0 Å². The minimum Gasteiger partial charge on any atom is -0.616 e. The van der Waals surface area contributed by atoms with Gasteiger partial charge in [0, 0.05) is 0 Å². The highest BCUT2D eigenvalue weighted by Gasteiger charge is 2.28. The van der Waals surface area contributed by atoms with E-state index in [1.54, 1.807) is 0 Å². The van der Waals surface area contributed by atoms with E-state index in [0.717, 1.165) is 11.5 Å². The van der Waals surface area contributed by atoms with Gasteiger partial charge in [0.15, 0.2) is 0 Å². The summed E-state index contributed by atoms with van der Waals surface area (Å²) in [5, 5.41) is 0. The highest BCUT2D eigenvalue weighted by molar-refractivity contribution is 14.1. The maximum absolute atomic E-state index is 10.2. The molecular formula is C3H5IOS. The van der Waals surface area contributed by atoms with Gasteiger partial charge in [-0.1, -0.05) is 33.8 Å². The molecule has 1 fully saturated rings. The van der Waals surface area contributed by atoms with Gasteiger partial charge < -0.3 is 4.55 Å². The zero-order chi connectivity index (χ0) is 4.57. The second-order valence-electron chi connectivity index (χ2n) is 1.37. The molecule has 0 bridgehead atoms. The van der Waals surface area contributed by atoms with Gasteiger partial charge in [0.1, 0.15) is 15.4 Å². The Balaban J connectivity index is 2.11. The van der Waals surface area contributed by atoms with Crippen molar-refractivity contribution in [1.29, 1.82) is 0 Å². The summed E-state index contributed by atoms with van der Waals surface area (Å²) in [5.74, 6) is 1.86. The molecule has 1 heterocycles. The van der Waals surface area contributed by atoms with Crippen molar-refractivity contribution in [2.45, 2.75) is 3.92 Å². The summed E-state index contributed by atoms with van der Waals surface area (Å²) in [7, 11) is 0. The van der Waals surface area contributed by atoms with Crippen LogP contribution in [-0.2, 0) is 11.2 Å². The Kier molecular flexibility index (Phi) is 1.62. The van der Waals surface area contributed by atoms with Crippen LogP contribution in [0.15, 0.2) is 0 Å². The number of alkyl halides is 1. The smallest absolute Gasteiger partial charge is 0.121 e. The van der Waals surface area contributed by atoms with Crippen LogP contribution in [0.2, 0.25) is 0 Å². The summed E-state index contributed by atoms with van der Waals surface area (Å²) in [4.78, 5) is 0. The average Bonchev–Trinajstić information content (AvgIpc) is 1.33. The zero-order valence-electron chi connectivity index (χ0n) is 3.19. The third-order valence-electron chi connectivity index (χ3n) is 0.733. The first kappa shape index (κ1) is 5.18. The molecule has 0 aromatic heterocycles. The van der Waals surface area contributed by atoms with Crippen molar-refractivity contribution in [2.24, 2.45) is 0 Å². The van der Waals surface area contributed by atoms with Crippen LogP contribution >= 0.6 is 22.6 Å². The number of rotatable bonds is 0. The molecule has 1 saturated heterocycles. The van der Waals surface area contributed by atoms with Gasteiger partial charge >= 0.3 is 0 Å². The molecule has 36 valence electrons. The number of hydrogen-bond acceptors (Lipinski definition) is 1. The van der Waals surface area contributed by atoms with Gasteiger partial charge in [-0.05, 0) is 0 Å². The third-order valence-corrected chi connectivity index (χ3v) is 4.36. The molecule has 0 unspecified atom stereocenters. The molecule has 0 radical (unpaired) electrons. The van der Waals surface area contributed by atoms with Crippen LogP contribution in [0.5, 0.6) is 0 Å². The number of halogens is 1. The summed E-state index contributed by atoms with van der Waals surface area (Å²) in [5.41, 5.74) is 0.